The Kier molecular flexibility index (Phi) is 3.92. The van der Waals surface area contributed by atoms with Gasteiger partial charge in [0.05, 0.1) is 0 Å². The van der Waals surface area contributed by atoms with Crippen molar-refractivity contribution in [2.24, 2.45) is 5.14 Å². The fraction of sp³-hybridized carbons (Fsp3) is 0.385. The zero-order chi connectivity index (χ0) is 14.9. The van der Waals surface area contributed by atoms with Crippen LogP contribution in [-0.2, 0) is 16.6 Å². The predicted octanol–water partition coefficient (Wildman–Crippen LogP) is 1.62. The van der Waals surface area contributed by atoms with Gasteiger partial charge < -0.3 is 0 Å². The molecule has 6 nitrogen and oxygen atoms in total. The molecule has 108 valence electrons. The summed E-state index contributed by atoms with van der Waals surface area (Å²) >= 11 is 0. The van der Waals surface area contributed by atoms with Crippen LogP contribution in [-0.4, -0.2) is 23.2 Å². The summed E-state index contributed by atoms with van der Waals surface area (Å²) in [5, 5.41) is 12.8. The van der Waals surface area contributed by atoms with Crippen LogP contribution in [0.15, 0.2) is 23.4 Å². The Labute approximate surface area is 118 Å². The largest absolute Gasteiger partial charge is 0.297 e. The van der Waals surface area contributed by atoms with Crippen molar-refractivity contribution in [1.82, 2.24) is 14.8 Å². The standard InChI is InChI=1S/C13H18N4O2S/c1-4-7-17-12(15-16-13(17)20(14,18)19)11-6-5-9(2)8-10(11)3/h5-6,8H,4,7H2,1-3H3,(H2,14,18,19). The monoisotopic (exact) mass is 294 g/mol. The van der Waals surface area contributed by atoms with Crippen molar-refractivity contribution < 1.29 is 8.42 Å². The molecular weight excluding hydrogens is 276 g/mol. The zero-order valence-corrected chi connectivity index (χ0v) is 12.6. The van der Waals surface area contributed by atoms with Gasteiger partial charge in [-0.25, -0.2) is 13.6 Å². The highest BCUT2D eigenvalue weighted by Gasteiger charge is 2.22. The lowest BCUT2D eigenvalue weighted by Gasteiger charge is -2.10. The zero-order valence-electron chi connectivity index (χ0n) is 11.8. The molecule has 0 aliphatic heterocycles. The number of nitrogens with zero attached hydrogens (tertiary/aromatic N) is 3. The van der Waals surface area contributed by atoms with E-state index in [4.69, 9.17) is 5.14 Å². The van der Waals surface area contributed by atoms with E-state index >= 15 is 0 Å². The average molecular weight is 294 g/mol. The van der Waals surface area contributed by atoms with Gasteiger partial charge in [-0.05, 0) is 25.8 Å². The van der Waals surface area contributed by atoms with E-state index in [0.717, 1.165) is 23.1 Å². The lowest BCUT2D eigenvalue weighted by atomic mass is 10.1. The molecule has 0 fully saturated rings. The van der Waals surface area contributed by atoms with Gasteiger partial charge in [-0.1, -0.05) is 30.7 Å². The molecule has 7 heteroatoms. The van der Waals surface area contributed by atoms with E-state index in [-0.39, 0.29) is 5.16 Å². The Balaban J connectivity index is 2.66. The molecule has 2 N–H and O–H groups in total. The Hall–Kier alpha value is -1.73. The summed E-state index contributed by atoms with van der Waals surface area (Å²) in [7, 11) is -3.87. The lowest BCUT2D eigenvalue weighted by molar-refractivity contribution is 0.559. The highest BCUT2D eigenvalue weighted by molar-refractivity contribution is 7.89. The van der Waals surface area contributed by atoms with Gasteiger partial charge in [-0.3, -0.25) is 4.57 Å². The maximum Gasteiger partial charge on any atom is 0.273 e. The number of aromatic nitrogens is 3. The molecule has 0 spiro atoms. The predicted molar refractivity (Wildman–Crippen MR) is 76.6 cm³/mol. The van der Waals surface area contributed by atoms with Crippen LogP contribution in [0.5, 0.6) is 0 Å². The molecule has 2 aromatic rings. The molecule has 1 aromatic carbocycles. The first-order valence-electron chi connectivity index (χ1n) is 6.38. The van der Waals surface area contributed by atoms with Gasteiger partial charge >= 0.3 is 0 Å². The Bertz CT molecular complexity index is 735. The highest BCUT2D eigenvalue weighted by atomic mass is 32.2. The maximum atomic E-state index is 11.6. The summed E-state index contributed by atoms with van der Waals surface area (Å²) in [5.74, 6) is 0.536. The van der Waals surface area contributed by atoms with Gasteiger partial charge in [0.2, 0.25) is 0 Å². The van der Waals surface area contributed by atoms with Gasteiger partial charge in [-0.15, -0.1) is 10.2 Å². The molecule has 1 aromatic heterocycles. The Morgan fingerprint density at radius 2 is 1.95 bits per heavy atom. The molecule has 0 unspecified atom stereocenters. The van der Waals surface area contributed by atoms with Gasteiger partial charge in [0.1, 0.15) is 0 Å². The van der Waals surface area contributed by atoms with E-state index in [0.29, 0.717) is 12.4 Å². The minimum absolute atomic E-state index is 0.186. The number of sulfonamides is 1. The molecule has 20 heavy (non-hydrogen) atoms. The number of primary sulfonamides is 1. The number of aryl methyl sites for hydroxylation is 2. The SMILES string of the molecule is CCCn1c(-c2ccc(C)cc2C)nnc1S(N)(=O)=O. The summed E-state index contributed by atoms with van der Waals surface area (Å²) in [6, 6.07) is 5.91. The van der Waals surface area contributed by atoms with Crippen LogP contribution in [0.25, 0.3) is 11.4 Å². The van der Waals surface area contributed by atoms with Crippen molar-refractivity contribution >= 4 is 10.0 Å². The summed E-state index contributed by atoms with van der Waals surface area (Å²) in [4.78, 5) is 0. The number of nitrogens with two attached hydrogens (primary N) is 1. The molecule has 2 rings (SSSR count). The Morgan fingerprint density at radius 1 is 1.25 bits per heavy atom. The van der Waals surface area contributed by atoms with Crippen LogP contribution in [0.1, 0.15) is 24.5 Å². The maximum absolute atomic E-state index is 11.6. The average Bonchev–Trinajstić information content (AvgIpc) is 2.73. The molecule has 0 saturated carbocycles. The Morgan fingerprint density at radius 3 is 2.50 bits per heavy atom. The normalized spacial score (nSPS) is 11.8. The molecule has 0 radical (unpaired) electrons. The molecule has 0 atom stereocenters. The van der Waals surface area contributed by atoms with E-state index < -0.39 is 10.0 Å². The highest BCUT2D eigenvalue weighted by Crippen LogP contribution is 2.24. The molecule has 0 amide bonds. The minimum atomic E-state index is -3.87. The fourth-order valence-electron chi connectivity index (χ4n) is 2.19. The van der Waals surface area contributed by atoms with Crippen molar-refractivity contribution in [3.63, 3.8) is 0 Å². The minimum Gasteiger partial charge on any atom is -0.297 e. The van der Waals surface area contributed by atoms with Crippen LogP contribution in [0.2, 0.25) is 0 Å². The number of hydrogen-bond donors (Lipinski definition) is 1. The fourth-order valence-corrected chi connectivity index (χ4v) is 2.83. The molecular formula is C13H18N4O2S. The van der Waals surface area contributed by atoms with Gasteiger partial charge in [0.15, 0.2) is 5.82 Å². The van der Waals surface area contributed by atoms with Crippen LogP contribution in [0.3, 0.4) is 0 Å². The molecule has 0 saturated heterocycles. The number of rotatable bonds is 4. The second-order valence-corrected chi connectivity index (χ2v) is 6.28. The second-order valence-electron chi connectivity index (χ2n) is 4.82. The van der Waals surface area contributed by atoms with Crippen molar-refractivity contribution in [1.29, 1.82) is 0 Å². The summed E-state index contributed by atoms with van der Waals surface area (Å²) in [5.41, 5.74) is 3.03. The van der Waals surface area contributed by atoms with E-state index in [1.807, 2.05) is 39.0 Å². The summed E-state index contributed by atoms with van der Waals surface area (Å²) in [6.07, 6.45) is 0.762. The lowest BCUT2D eigenvalue weighted by Crippen LogP contribution is -2.19. The van der Waals surface area contributed by atoms with Gasteiger partial charge in [0.25, 0.3) is 15.2 Å². The van der Waals surface area contributed by atoms with Gasteiger partial charge in [-0.2, -0.15) is 0 Å². The van der Waals surface area contributed by atoms with Crippen LogP contribution in [0.4, 0.5) is 0 Å². The van der Waals surface area contributed by atoms with E-state index in [2.05, 4.69) is 10.2 Å². The smallest absolute Gasteiger partial charge is 0.273 e. The van der Waals surface area contributed by atoms with E-state index in [1.54, 1.807) is 4.57 Å². The van der Waals surface area contributed by atoms with E-state index in [1.165, 1.54) is 0 Å². The first-order chi connectivity index (χ1) is 9.34. The van der Waals surface area contributed by atoms with E-state index in [9.17, 15) is 8.42 Å². The summed E-state index contributed by atoms with van der Waals surface area (Å²) < 4.78 is 24.7. The third-order valence-corrected chi connectivity index (χ3v) is 3.85. The van der Waals surface area contributed by atoms with Crippen LogP contribution >= 0.6 is 0 Å². The second kappa shape index (κ2) is 5.34. The van der Waals surface area contributed by atoms with Crippen LogP contribution in [0, 0.1) is 13.8 Å². The third-order valence-electron chi connectivity index (χ3n) is 3.04. The number of benzene rings is 1. The van der Waals surface area contributed by atoms with Crippen molar-refractivity contribution in [2.75, 3.05) is 0 Å². The van der Waals surface area contributed by atoms with Crippen LogP contribution < -0.4 is 5.14 Å². The first-order valence-corrected chi connectivity index (χ1v) is 7.93. The molecule has 0 aliphatic carbocycles. The van der Waals surface area contributed by atoms with Gasteiger partial charge in [0, 0.05) is 12.1 Å². The molecule has 1 heterocycles. The van der Waals surface area contributed by atoms with Crippen molar-refractivity contribution in [2.45, 2.75) is 38.9 Å². The number of hydrogen-bond acceptors (Lipinski definition) is 4. The molecule has 0 aliphatic rings. The first kappa shape index (κ1) is 14.7. The van der Waals surface area contributed by atoms with Crippen molar-refractivity contribution in [3.8, 4) is 11.4 Å². The molecule has 0 bridgehead atoms. The summed E-state index contributed by atoms with van der Waals surface area (Å²) in [6.45, 7) is 6.42. The van der Waals surface area contributed by atoms with Crippen molar-refractivity contribution in [3.05, 3.63) is 29.3 Å². The topological polar surface area (TPSA) is 90.9 Å². The quantitative estimate of drug-likeness (QED) is 0.927. The third kappa shape index (κ3) is 2.73.